The van der Waals surface area contributed by atoms with Gasteiger partial charge in [0.15, 0.2) is 5.75 Å². The molecule has 2 rings (SSSR count). The molecule has 0 aliphatic carbocycles. The molecule has 0 amide bonds. The Balaban J connectivity index is 2.44. The number of hydrogen-bond acceptors (Lipinski definition) is 3. The van der Waals surface area contributed by atoms with Crippen LogP contribution in [0.25, 0.3) is 0 Å². The number of carbonyl (C=O) groups is 1. The highest BCUT2D eigenvalue weighted by Gasteiger charge is 2.15. The highest BCUT2D eigenvalue weighted by molar-refractivity contribution is 7.98. The molecule has 2 aromatic carbocycles. The number of aromatic carboxylic acids is 1. The van der Waals surface area contributed by atoms with Crippen molar-refractivity contribution < 1.29 is 14.6 Å². The molecule has 0 unspecified atom stereocenters. The molecule has 1 N–H and O–H groups in total. The molecule has 2 aromatic rings. The van der Waals surface area contributed by atoms with Gasteiger partial charge in [-0.25, -0.2) is 4.79 Å². The zero-order chi connectivity index (χ0) is 13.0. The second-order valence-corrected chi connectivity index (χ2v) is 4.41. The fourth-order valence-corrected chi connectivity index (χ4v) is 2.11. The molecule has 0 saturated heterocycles. The average Bonchev–Trinajstić information content (AvgIpc) is 2.40. The molecule has 0 aromatic heterocycles. The van der Waals surface area contributed by atoms with Crippen molar-refractivity contribution in [2.75, 3.05) is 6.26 Å². The molecule has 0 saturated carbocycles. The minimum absolute atomic E-state index is 0.172. The lowest BCUT2D eigenvalue weighted by Gasteiger charge is -2.12. The molecule has 18 heavy (non-hydrogen) atoms. The second kappa shape index (κ2) is 5.60. The van der Waals surface area contributed by atoms with E-state index in [1.807, 2.05) is 30.5 Å². The number of ether oxygens (including phenoxy) is 1. The lowest BCUT2D eigenvalue weighted by Crippen LogP contribution is -2.01. The van der Waals surface area contributed by atoms with Crippen LogP contribution in [0.15, 0.2) is 53.4 Å². The summed E-state index contributed by atoms with van der Waals surface area (Å²) < 4.78 is 5.69. The van der Waals surface area contributed by atoms with E-state index in [0.717, 1.165) is 4.90 Å². The third-order valence-electron chi connectivity index (χ3n) is 2.39. The van der Waals surface area contributed by atoms with E-state index < -0.39 is 5.97 Å². The largest absolute Gasteiger partial charge is 0.478 e. The standard InChI is InChI=1S/C14H12O3S/c1-18-12-9-5-8-11(14(15)16)13(12)17-10-6-3-2-4-7-10/h2-9H,1H3,(H,15,16). The molecule has 0 spiro atoms. The third-order valence-corrected chi connectivity index (χ3v) is 3.15. The van der Waals surface area contributed by atoms with Gasteiger partial charge in [-0.1, -0.05) is 24.3 Å². The molecule has 0 atom stereocenters. The minimum atomic E-state index is -0.989. The van der Waals surface area contributed by atoms with Crippen LogP contribution in [-0.2, 0) is 0 Å². The highest BCUT2D eigenvalue weighted by atomic mass is 32.2. The first-order valence-corrected chi connectivity index (χ1v) is 6.58. The van der Waals surface area contributed by atoms with Crippen LogP contribution in [0.3, 0.4) is 0 Å². The Hall–Kier alpha value is -1.94. The number of hydrogen-bond donors (Lipinski definition) is 1. The molecular formula is C14H12O3S. The average molecular weight is 260 g/mol. The minimum Gasteiger partial charge on any atom is -0.478 e. The van der Waals surface area contributed by atoms with Gasteiger partial charge >= 0.3 is 5.97 Å². The van der Waals surface area contributed by atoms with E-state index in [1.165, 1.54) is 11.8 Å². The summed E-state index contributed by atoms with van der Waals surface area (Å²) in [5, 5.41) is 9.17. The fraction of sp³-hybridized carbons (Fsp3) is 0.0714. The lowest BCUT2D eigenvalue weighted by molar-refractivity contribution is 0.0693. The molecule has 0 aliphatic rings. The first-order chi connectivity index (χ1) is 8.72. The molecule has 0 radical (unpaired) electrons. The van der Waals surface area contributed by atoms with Gasteiger partial charge in [-0.15, -0.1) is 11.8 Å². The summed E-state index contributed by atoms with van der Waals surface area (Å²) in [6, 6.07) is 14.3. The van der Waals surface area contributed by atoms with Crippen LogP contribution in [0, 0.1) is 0 Å². The first-order valence-electron chi connectivity index (χ1n) is 5.35. The maximum absolute atomic E-state index is 11.2. The normalized spacial score (nSPS) is 10.1. The van der Waals surface area contributed by atoms with Crippen molar-refractivity contribution in [1.82, 2.24) is 0 Å². The van der Waals surface area contributed by atoms with E-state index >= 15 is 0 Å². The van der Waals surface area contributed by atoms with Crippen LogP contribution in [0.1, 0.15) is 10.4 Å². The van der Waals surface area contributed by atoms with Gasteiger partial charge in [0.2, 0.25) is 0 Å². The fourth-order valence-electron chi connectivity index (χ4n) is 1.56. The summed E-state index contributed by atoms with van der Waals surface area (Å²) in [5.41, 5.74) is 0.172. The quantitative estimate of drug-likeness (QED) is 0.847. The van der Waals surface area contributed by atoms with Crippen LogP contribution in [0.4, 0.5) is 0 Å². The van der Waals surface area contributed by atoms with Gasteiger partial charge < -0.3 is 9.84 Å². The predicted molar refractivity (Wildman–Crippen MR) is 71.7 cm³/mol. The summed E-state index contributed by atoms with van der Waals surface area (Å²) in [4.78, 5) is 12.0. The molecule has 4 heteroatoms. The maximum Gasteiger partial charge on any atom is 0.339 e. The van der Waals surface area contributed by atoms with E-state index in [-0.39, 0.29) is 5.56 Å². The number of rotatable bonds is 4. The van der Waals surface area contributed by atoms with Crippen molar-refractivity contribution in [3.63, 3.8) is 0 Å². The highest BCUT2D eigenvalue weighted by Crippen LogP contribution is 2.34. The number of carboxylic acid groups (broad SMARTS) is 1. The molecule has 0 bridgehead atoms. The van der Waals surface area contributed by atoms with Crippen LogP contribution in [0.5, 0.6) is 11.5 Å². The Kier molecular flexibility index (Phi) is 3.89. The molecule has 0 aliphatic heterocycles. The zero-order valence-corrected chi connectivity index (χ0v) is 10.6. The van der Waals surface area contributed by atoms with E-state index in [9.17, 15) is 9.90 Å². The Bertz CT molecular complexity index is 552. The molecular weight excluding hydrogens is 248 g/mol. The molecule has 0 heterocycles. The summed E-state index contributed by atoms with van der Waals surface area (Å²) in [6.07, 6.45) is 1.89. The van der Waals surface area contributed by atoms with Crippen molar-refractivity contribution in [2.24, 2.45) is 0 Å². The Morgan fingerprint density at radius 2 is 1.83 bits per heavy atom. The van der Waals surface area contributed by atoms with Gasteiger partial charge in [0.1, 0.15) is 11.3 Å². The van der Waals surface area contributed by atoms with E-state index in [4.69, 9.17) is 4.74 Å². The van der Waals surface area contributed by atoms with Crippen molar-refractivity contribution >= 4 is 17.7 Å². The van der Waals surface area contributed by atoms with Gasteiger partial charge in [-0.05, 0) is 30.5 Å². The summed E-state index contributed by atoms with van der Waals surface area (Å²) >= 11 is 1.46. The van der Waals surface area contributed by atoms with Crippen molar-refractivity contribution in [3.8, 4) is 11.5 Å². The van der Waals surface area contributed by atoms with E-state index in [2.05, 4.69) is 0 Å². The zero-order valence-electron chi connectivity index (χ0n) is 9.79. The Morgan fingerprint density at radius 3 is 2.44 bits per heavy atom. The second-order valence-electron chi connectivity index (χ2n) is 3.56. The van der Waals surface area contributed by atoms with Crippen molar-refractivity contribution in [1.29, 1.82) is 0 Å². The van der Waals surface area contributed by atoms with Gasteiger partial charge in [-0.2, -0.15) is 0 Å². The smallest absolute Gasteiger partial charge is 0.339 e. The van der Waals surface area contributed by atoms with Crippen LogP contribution < -0.4 is 4.74 Å². The Morgan fingerprint density at radius 1 is 1.11 bits per heavy atom. The van der Waals surface area contributed by atoms with Crippen molar-refractivity contribution in [2.45, 2.75) is 4.90 Å². The predicted octanol–water partition coefficient (Wildman–Crippen LogP) is 3.90. The van der Waals surface area contributed by atoms with Gasteiger partial charge in [-0.3, -0.25) is 0 Å². The topological polar surface area (TPSA) is 46.5 Å². The third kappa shape index (κ3) is 2.65. The van der Waals surface area contributed by atoms with E-state index in [1.54, 1.807) is 24.3 Å². The van der Waals surface area contributed by atoms with Gasteiger partial charge in [0.25, 0.3) is 0 Å². The summed E-state index contributed by atoms with van der Waals surface area (Å²) in [7, 11) is 0. The summed E-state index contributed by atoms with van der Waals surface area (Å²) in [6.45, 7) is 0. The molecule has 3 nitrogen and oxygen atoms in total. The number of thioether (sulfide) groups is 1. The SMILES string of the molecule is CSc1cccc(C(=O)O)c1Oc1ccccc1. The first kappa shape index (κ1) is 12.5. The van der Waals surface area contributed by atoms with Gasteiger partial charge in [0.05, 0.1) is 4.90 Å². The summed E-state index contributed by atoms with van der Waals surface area (Å²) in [5.74, 6) is 0.0297. The van der Waals surface area contributed by atoms with Crippen LogP contribution in [0.2, 0.25) is 0 Å². The molecule has 0 fully saturated rings. The van der Waals surface area contributed by atoms with Crippen molar-refractivity contribution in [3.05, 3.63) is 54.1 Å². The number of carboxylic acids is 1. The monoisotopic (exact) mass is 260 g/mol. The molecule has 92 valence electrons. The number of para-hydroxylation sites is 2. The Labute approximate surface area is 109 Å². The van der Waals surface area contributed by atoms with Crippen LogP contribution in [-0.4, -0.2) is 17.3 Å². The van der Waals surface area contributed by atoms with E-state index in [0.29, 0.717) is 11.5 Å². The van der Waals surface area contributed by atoms with Crippen LogP contribution >= 0.6 is 11.8 Å². The number of benzene rings is 2. The lowest BCUT2D eigenvalue weighted by atomic mass is 10.2. The maximum atomic E-state index is 11.2. The van der Waals surface area contributed by atoms with Gasteiger partial charge in [0, 0.05) is 0 Å².